The Labute approximate surface area is 110 Å². The molecule has 0 unspecified atom stereocenters. The van der Waals surface area contributed by atoms with E-state index in [0.29, 0.717) is 5.02 Å². The molecule has 1 aromatic carbocycles. The van der Waals surface area contributed by atoms with Crippen molar-refractivity contribution in [1.82, 2.24) is 0 Å². The molecule has 17 heavy (non-hydrogen) atoms. The Hall–Kier alpha value is -0.840. The average molecular weight is 282 g/mol. The second kappa shape index (κ2) is 7.48. The highest BCUT2D eigenvalue weighted by Crippen LogP contribution is 2.22. The molecule has 1 atom stereocenters. The minimum Gasteiger partial charge on any atom is -0.466 e. The number of ether oxygens (including phenoxy) is 1. The molecule has 0 aliphatic carbocycles. The van der Waals surface area contributed by atoms with Crippen LogP contribution < -0.4 is 5.73 Å². The second-order valence-corrected chi connectivity index (χ2v) is 3.72. The lowest BCUT2D eigenvalue weighted by atomic mass is 10.0. The van der Waals surface area contributed by atoms with Crippen molar-refractivity contribution >= 4 is 30.0 Å². The molecule has 0 bridgehead atoms. The summed E-state index contributed by atoms with van der Waals surface area (Å²) in [6, 6.07) is 3.33. The van der Waals surface area contributed by atoms with E-state index >= 15 is 0 Å². The fourth-order valence-electron chi connectivity index (χ4n) is 1.31. The third-order valence-electron chi connectivity index (χ3n) is 2.05. The third-order valence-corrected chi connectivity index (χ3v) is 2.28. The van der Waals surface area contributed by atoms with Crippen molar-refractivity contribution in [3.05, 3.63) is 34.6 Å². The van der Waals surface area contributed by atoms with Crippen molar-refractivity contribution < 1.29 is 13.9 Å². The zero-order valence-electron chi connectivity index (χ0n) is 9.28. The molecule has 6 heteroatoms. The number of esters is 1. The largest absolute Gasteiger partial charge is 0.466 e. The highest BCUT2D eigenvalue weighted by Gasteiger charge is 2.16. The maximum absolute atomic E-state index is 13.4. The molecule has 1 aromatic rings. The fourth-order valence-corrected chi connectivity index (χ4v) is 1.49. The Morgan fingerprint density at radius 3 is 2.82 bits per heavy atom. The molecule has 0 saturated heterocycles. The minimum absolute atomic E-state index is 0. The minimum atomic E-state index is -0.738. The summed E-state index contributed by atoms with van der Waals surface area (Å²) in [6.45, 7) is 1.98. The van der Waals surface area contributed by atoms with Gasteiger partial charge in [0.25, 0.3) is 0 Å². The van der Waals surface area contributed by atoms with Crippen LogP contribution in [0, 0.1) is 5.82 Å². The summed E-state index contributed by atoms with van der Waals surface area (Å²) in [5, 5.41) is 0.385. The summed E-state index contributed by atoms with van der Waals surface area (Å²) < 4.78 is 18.1. The Bertz CT molecular complexity index is 388. The molecule has 2 N–H and O–H groups in total. The summed E-state index contributed by atoms with van der Waals surface area (Å²) in [4.78, 5) is 11.2. The van der Waals surface area contributed by atoms with E-state index in [2.05, 4.69) is 0 Å². The van der Waals surface area contributed by atoms with Crippen LogP contribution in [0.15, 0.2) is 18.2 Å². The van der Waals surface area contributed by atoms with Gasteiger partial charge in [-0.05, 0) is 25.1 Å². The maximum atomic E-state index is 13.4. The predicted molar refractivity (Wildman–Crippen MR) is 66.8 cm³/mol. The van der Waals surface area contributed by atoms with Gasteiger partial charge in [-0.3, -0.25) is 4.79 Å². The molecule has 3 nitrogen and oxygen atoms in total. The van der Waals surface area contributed by atoms with Crippen molar-refractivity contribution in [2.24, 2.45) is 5.73 Å². The van der Waals surface area contributed by atoms with E-state index < -0.39 is 17.8 Å². The van der Waals surface area contributed by atoms with Crippen molar-refractivity contribution in [3.63, 3.8) is 0 Å². The zero-order chi connectivity index (χ0) is 12.1. The van der Waals surface area contributed by atoms with Gasteiger partial charge in [0.15, 0.2) is 0 Å². The molecule has 96 valence electrons. The van der Waals surface area contributed by atoms with E-state index in [-0.39, 0.29) is 31.0 Å². The van der Waals surface area contributed by atoms with Gasteiger partial charge in [-0.25, -0.2) is 4.39 Å². The van der Waals surface area contributed by atoms with Crippen LogP contribution in [-0.4, -0.2) is 12.6 Å². The van der Waals surface area contributed by atoms with E-state index in [9.17, 15) is 9.18 Å². The number of carbonyl (C=O) groups is 1. The van der Waals surface area contributed by atoms with Crippen LogP contribution in [0.5, 0.6) is 0 Å². The zero-order valence-corrected chi connectivity index (χ0v) is 10.9. The Morgan fingerprint density at radius 2 is 2.24 bits per heavy atom. The summed E-state index contributed by atoms with van der Waals surface area (Å²) in [6.07, 6.45) is -0.0644. The van der Waals surface area contributed by atoms with E-state index in [0.717, 1.165) is 0 Å². The fraction of sp³-hybridized carbons (Fsp3) is 0.364. The molecule has 0 spiro atoms. The van der Waals surface area contributed by atoms with Gasteiger partial charge in [-0.1, -0.05) is 11.6 Å². The standard InChI is InChI=1S/C11H13ClFNO2.ClH/c1-2-16-11(15)6-10(14)8-5-7(12)3-4-9(8)13;/h3-5,10H,2,6,14H2,1H3;1H/t10-;/m0./s1. The lowest BCUT2D eigenvalue weighted by Crippen LogP contribution is -2.18. The first-order valence-electron chi connectivity index (χ1n) is 4.90. The van der Waals surface area contributed by atoms with Gasteiger partial charge in [-0.2, -0.15) is 0 Å². The van der Waals surface area contributed by atoms with Crippen LogP contribution in [-0.2, 0) is 9.53 Å². The number of hydrogen-bond donors (Lipinski definition) is 1. The number of benzene rings is 1. The van der Waals surface area contributed by atoms with Gasteiger partial charge in [0, 0.05) is 16.6 Å². The van der Waals surface area contributed by atoms with Gasteiger partial charge in [0.1, 0.15) is 5.82 Å². The van der Waals surface area contributed by atoms with Gasteiger partial charge in [0.2, 0.25) is 0 Å². The molecule has 0 aliphatic heterocycles. The smallest absolute Gasteiger partial charge is 0.307 e. The summed E-state index contributed by atoms with van der Waals surface area (Å²) in [5.74, 6) is -0.921. The van der Waals surface area contributed by atoms with Gasteiger partial charge in [0.05, 0.1) is 13.0 Å². The van der Waals surface area contributed by atoms with Crippen LogP contribution in [0.2, 0.25) is 5.02 Å². The first kappa shape index (κ1) is 16.2. The SMILES string of the molecule is CCOC(=O)C[C@H](N)c1cc(Cl)ccc1F.Cl. The van der Waals surface area contributed by atoms with Crippen molar-refractivity contribution in [2.75, 3.05) is 6.61 Å². The molecule has 0 heterocycles. The summed E-state index contributed by atoms with van der Waals surface area (Å²) in [7, 11) is 0. The Morgan fingerprint density at radius 1 is 1.59 bits per heavy atom. The molecule has 0 aromatic heterocycles. The number of halogens is 3. The molecule has 0 fully saturated rings. The van der Waals surface area contributed by atoms with Crippen LogP contribution in [0.3, 0.4) is 0 Å². The third kappa shape index (κ3) is 4.89. The van der Waals surface area contributed by atoms with Crippen molar-refractivity contribution in [3.8, 4) is 0 Å². The van der Waals surface area contributed by atoms with Gasteiger partial charge >= 0.3 is 5.97 Å². The lowest BCUT2D eigenvalue weighted by Gasteiger charge is -2.12. The van der Waals surface area contributed by atoms with Gasteiger partial charge in [-0.15, -0.1) is 12.4 Å². The Balaban J connectivity index is 0.00000256. The number of nitrogens with two attached hydrogens (primary N) is 1. The lowest BCUT2D eigenvalue weighted by molar-refractivity contribution is -0.143. The maximum Gasteiger partial charge on any atom is 0.307 e. The first-order chi connectivity index (χ1) is 7.54. The van der Waals surface area contributed by atoms with E-state index in [4.69, 9.17) is 22.1 Å². The van der Waals surface area contributed by atoms with Crippen LogP contribution in [0.1, 0.15) is 24.9 Å². The number of hydrogen-bond acceptors (Lipinski definition) is 3. The molecule has 0 amide bonds. The van der Waals surface area contributed by atoms with Crippen molar-refractivity contribution in [2.45, 2.75) is 19.4 Å². The molecule has 0 aliphatic rings. The van der Waals surface area contributed by atoms with Crippen LogP contribution >= 0.6 is 24.0 Å². The second-order valence-electron chi connectivity index (χ2n) is 3.28. The normalized spacial score (nSPS) is 11.5. The highest BCUT2D eigenvalue weighted by atomic mass is 35.5. The number of carbonyl (C=O) groups excluding carboxylic acids is 1. The molecular weight excluding hydrogens is 268 g/mol. The first-order valence-corrected chi connectivity index (χ1v) is 5.28. The summed E-state index contributed by atoms with van der Waals surface area (Å²) >= 11 is 5.72. The molecule has 1 rings (SSSR count). The predicted octanol–water partition coefficient (Wildman–Crippen LogP) is 2.85. The van der Waals surface area contributed by atoms with E-state index in [1.54, 1.807) is 6.92 Å². The average Bonchev–Trinajstić information content (AvgIpc) is 2.21. The van der Waals surface area contributed by atoms with Crippen LogP contribution in [0.25, 0.3) is 0 Å². The van der Waals surface area contributed by atoms with Gasteiger partial charge < -0.3 is 10.5 Å². The molecule has 0 radical (unpaired) electrons. The van der Waals surface area contributed by atoms with Crippen LogP contribution in [0.4, 0.5) is 4.39 Å². The quantitative estimate of drug-likeness (QED) is 0.864. The van der Waals surface area contributed by atoms with Crippen molar-refractivity contribution in [1.29, 1.82) is 0 Å². The molecule has 0 saturated carbocycles. The topological polar surface area (TPSA) is 52.3 Å². The van der Waals surface area contributed by atoms with E-state index in [1.165, 1.54) is 18.2 Å². The number of rotatable bonds is 4. The summed E-state index contributed by atoms with van der Waals surface area (Å²) in [5.41, 5.74) is 5.92. The molecular formula is C11H14Cl2FNO2. The monoisotopic (exact) mass is 281 g/mol. The van der Waals surface area contributed by atoms with E-state index in [1.807, 2.05) is 0 Å². The highest BCUT2D eigenvalue weighted by molar-refractivity contribution is 6.30. The Kier molecular flexibility index (Phi) is 7.11.